The summed E-state index contributed by atoms with van der Waals surface area (Å²) >= 11 is 1.63. The van der Waals surface area contributed by atoms with Crippen molar-refractivity contribution in [1.29, 1.82) is 0 Å². The summed E-state index contributed by atoms with van der Waals surface area (Å²) in [6.07, 6.45) is 3.54. The van der Waals surface area contributed by atoms with Crippen LogP contribution in [0, 0.1) is 0 Å². The number of benzene rings is 2. The van der Waals surface area contributed by atoms with Crippen molar-refractivity contribution < 1.29 is 14.3 Å². The number of ether oxygens (including phenoxy) is 2. The highest BCUT2D eigenvalue weighted by molar-refractivity contribution is 8.00. The summed E-state index contributed by atoms with van der Waals surface area (Å²) < 4.78 is 11.5. The highest BCUT2D eigenvalue weighted by Gasteiger charge is 2.33. The van der Waals surface area contributed by atoms with Gasteiger partial charge in [0.25, 0.3) is 0 Å². The minimum Gasteiger partial charge on any atom is -0.493 e. The van der Waals surface area contributed by atoms with Crippen LogP contribution in [-0.2, 0) is 17.9 Å². The Kier molecular flexibility index (Phi) is 6.00. The number of carbonyl (C=O) groups excluding carboxylic acids is 1. The van der Waals surface area contributed by atoms with Crippen LogP contribution in [0.4, 0.5) is 0 Å². The van der Waals surface area contributed by atoms with Gasteiger partial charge in [0.2, 0.25) is 5.91 Å². The lowest BCUT2D eigenvalue weighted by atomic mass is 10.1. The first kappa shape index (κ1) is 19.3. The van der Waals surface area contributed by atoms with Gasteiger partial charge in [-0.2, -0.15) is 0 Å². The molecule has 29 heavy (non-hydrogen) atoms. The molecule has 1 amide bonds. The Hall–Kier alpha value is -2.99. The summed E-state index contributed by atoms with van der Waals surface area (Å²) in [5, 5.41) is -0.0558. The Labute approximate surface area is 174 Å². The third-order valence-corrected chi connectivity index (χ3v) is 6.01. The van der Waals surface area contributed by atoms with Crippen molar-refractivity contribution in [1.82, 2.24) is 9.88 Å². The number of carbonyl (C=O) groups is 1. The number of rotatable bonds is 7. The molecule has 1 unspecified atom stereocenters. The molecule has 6 heteroatoms. The molecular formula is C23H22N2O3S. The fraction of sp³-hybridized carbons (Fsp3) is 0.217. The van der Waals surface area contributed by atoms with Gasteiger partial charge >= 0.3 is 0 Å². The molecule has 148 valence electrons. The zero-order valence-electron chi connectivity index (χ0n) is 16.2. The van der Waals surface area contributed by atoms with E-state index in [9.17, 15) is 4.79 Å². The summed E-state index contributed by atoms with van der Waals surface area (Å²) in [6.45, 7) is 1.01. The smallest absolute Gasteiger partial charge is 0.234 e. The van der Waals surface area contributed by atoms with Gasteiger partial charge in [0.1, 0.15) is 12.0 Å². The first-order valence-electron chi connectivity index (χ1n) is 9.39. The van der Waals surface area contributed by atoms with E-state index in [1.54, 1.807) is 31.3 Å². The van der Waals surface area contributed by atoms with Crippen molar-refractivity contribution in [2.75, 3.05) is 12.9 Å². The third-order valence-electron chi connectivity index (χ3n) is 4.75. The van der Waals surface area contributed by atoms with Crippen LogP contribution in [0.3, 0.4) is 0 Å². The third kappa shape index (κ3) is 4.54. The SMILES string of the molecule is COc1cc(C2SCC(=O)N2Cc2cccnc2)ccc1OCc1ccccc1. The maximum Gasteiger partial charge on any atom is 0.234 e. The second kappa shape index (κ2) is 9.01. The molecule has 0 spiro atoms. The minimum atomic E-state index is -0.0558. The second-order valence-corrected chi connectivity index (χ2v) is 7.80. The largest absolute Gasteiger partial charge is 0.493 e. The van der Waals surface area contributed by atoms with Crippen LogP contribution in [0.2, 0.25) is 0 Å². The molecule has 1 aliphatic rings. The number of hydrogen-bond donors (Lipinski definition) is 0. The maximum atomic E-state index is 12.5. The van der Waals surface area contributed by atoms with Gasteiger partial charge in [-0.3, -0.25) is 9.78 Å². The van der Waals surface area contributed by atoms with E-state index < -0.39 is 0 Å². The van der Waals surface area contributed by atoms with Crippen LogP contribution < -0.4 is 9.47 Å². The monoisotopic (exact) mass is 406 g/mol. The zero-order valence-corrected chi connectivity index (χ0v) is 17.0. The molecule has 1 saturated heterocycles. The normalized spacial score (nSPS) is 16.1. The standard InChI is InChI=1S/C23H22N2O3S/c1-27-21-12-19(9-10-20(21)28-15-17-6-3-2-4-7-17)23-25(22(26)16-29-23)14-18-8-5-11-24-13-18/h2-13,23H,14-16H2,1H3. The molecule has 2 aromatic carbocycles. The van der Waals surface area contributed by atoms with Gasteiger partial charge in [-0.25, -0.2) is 0 Å². The molecule has 0 N–H and O–H groups in total. The van der Waals surface area contributed by atoms with Gasteiger partial charge in [0, 0.05) is 18.9 Å². The van der Waals surface area contributed by atoms with E-state index in [0.717, 1.165) is 16.7 Å². The molecule has 1 aromatic heterocycles. The van der Waals surface area contributed by atoms with Gasteiger partial charge < -0.3 is 14.4 Å². The molecule has 3 aromatic rings. The van der Waals surface area contributed by atoms with E-state index in [-0.39, 0.29) is 11.3 Å². The van der Waals surface area contributed by atoms with Crippen molar-refractivity contribution in [3.05, 3.63) is 89.7 Å². The molecule has 1 atom stereocenters. The van der Waals surface area contributed by atoms with Gasteiger partial charge in [0.15, 0.2) is 11.5 Å². The maximum absolute atomic E-state index is 12.5. The van der Waals surface area contributed by atoms with Crippen LogP contribution in [-0.4, -0.2) is 28.7 Å². The molecule has 0 aliphatic carbocycles. The van der Waals surface area contributed by atoms with Crippen molar-refractivity contribution in [3.63, 3.8) is 0 Å². The molecule has 0 saturated carbocycles. The quantitative estimate of drug-likeness (QED) is 0.580. The molecule has 0 radical (unpaired) electrons. The number of hydrogen-bond acceptors (Lipinski definition) is 5. The van der Waals surface area contributed by atoms with E-state index in [1.807, 2.05) is 65.6 Å². The average molecular weight is 407 g/mol. The summed E-state index contributed by atoms with van der Waals surface area (Å²) in [6, 6.07) is 19.8. The van der Waals surface area contributed by atoms with Crippen molar-refractivity contribution in [2.45, 2.75) is 18.5 Å². The van der Waals surface area contributed by atoms with Crippen LogP contribution >= 0.6 is 11.8 Å². The average Bonchev–Trinajstić information content (AvgIpc) is 3.13. The van der Waals surface area contributed by atoms with Crippen molar-refractivity contribution in [2.24, 2.45) is 0 Å². The highest BCUT2D eigenvalue weighted by Crippen LogP contribution is 2.42. The topological polar surface area (TPSA) is 51.7 Å². The molecule has 0 bridgehead atoms. The Morgan fingerprint density at radius 2 is 1.90 bits per heavy atom. The highest BCUT2D eigenvalue weighted by atomic mass is 32.2. The number of pyridine rings is 1. The molecule has 1 fully saturated rings. The lowest BCUT2D eigenvalue weighted by molar-refractivity contribution is -0.128. The van der Waals surface area contributed by atoms with E-state index in [1.165, 1.54) is 0 Å². The Bertz CT molecular complexity index is 966. The summed E-state index contributed by atoms with van der Waals surface area (Å²) in [7, 11) is 1.63. The van der Waals surface area contributed by atoms with Gasteiger partial charge in [0.05, 0.1) is 12.9 Å². The van der Waals surface area contributed by atoms with Gasteiger partial charge in [-0.1, -0.05) is 42.5 Å². The first-order valence-corrected chi connectivity index (χ1v) is 10.4. The van der Waals surface area contributed by atoms with Gasteiger partial charge in [-0.05, 0) is 34.9 Å². The number of thioether (sulfide) groups is 1. The zero-order chi connectivity index (χ0) is 20.1. The van der Waals surface area contributed by atoms with E-state index >= 15 is 0 Å². The number of amides is 1. The van der Waals surface area contributed by atoms with E-state index in [0.29, 0.717) is 30.4 Å². The lowest BCUT2D eigenvalue weighted by Gasteiger charge is -2.25. The van der Waals surface area contributed by atoms with Crippen LogP contribution in [0.25, 0.3) is 0 Å². The van der Waals surface area contributed by atoms with Crippen molar-refractivity contribution in [3.8, 4) is 11.5 Å². The van der Waals surface area contributed by atoms with Crippen LogP contribution in [0.15, 0.2) is 73.1 Å². The Morgan fingerprint density at radius 1 is 1.07 bits per heavy atom. The fourth-order valence-electron chi connectivity index (χ4n) is 3.28. The molecule has 1 aliphatic heterocycles. The molecule has 5 nitrogen and oxygen atoms in total. The number of aromatic nitrogens is 1. The molecule has 4 rings (SSSR count). The van der Waals surface area contributed by atoms with Crippen LogP contribution in [0.5, 0.6) is 11.5 Å². The van der Waals surface area contributed by atoms with Crippen molar-refractivity contribution >= 4 is 17.7 Å². The fourth-order valence-corrected chi connectivity index (χ4v) is 4.46. The summed E-state index contributed by atoms with van der Waals surface area (Å²) in [5.41, 5.74) is 3.13. The number of nitrogens with zero attached hydrogens (tertiary/aromatic N) is 2. The Morgan fingerprint density at radius 3 is 2.66 bits per heavy atom. The lowest BCUT2D eigenvalue weighted by Crippen LogP contribution is -2.27. The predicted molar refractivity (Wildman–Crippen MR) is 114 cm³/mol. The van der Waals surface area contributed by atoms with E-state index in [4.69, 9.17) is 9.47 Å². The summed E-state index contributed by atoms with van der Waals surface area (Å²) in [5.74, 6) is 1.96. The Balaban J connectivity index is 1.52. The van der Waals surface area contributed by atoms with Gasteiger partial charge in [-0.15, -0.1) is 11.8 Å². The molecular weight excluding hydrogens is 384 g/mol. The molecule has 2 heterocycles. The summed E-state index contributed by atoms with van der Waals surface area (Å²) in [4.78, 5) is 18.5. The number of methoxy groups -OCH3 is 1. The second-order valence-electron chi connectivity index (χ2n) is 6.73. The predicted octanol–water partition coefficient (Wildman–Crippen LogP) is 4.44. The minimum absolute atomic E-state index is 0.0558. The van der Waals surface area contributed by atoms with Crippen LogP contribution in [0.1, 0.15) is 22.1 Å². The van der Waals surface area contributed by atoms with E-state index in [2.05, 4.69) is 4.98 Å². The first-order chi connectivity index (χ1) is 14.2.